The molecule has 2 N–H and O–H groups in total. The molecule has 0 unspecified atom stereocenters. The smallest absolute Gasteiger partial charge is 0.146 e. The molecule has 0 aliphatic heterocycles. The molecule has 0 bridgehead atoms. The van der Waals surface area contributed by atoms with Crippen LogP contribution in [0, 0.1) is 6.92 Å². The summed E-state index contributed by atoms with van der Waals surface area (Å²) in [5, 5.41) is 0.611. The summed E-state index contributed by atoms with van der Waals surface area (Å²) in [4.78, 5) is 0. The minimum absolute atomic E-state index is 0.0274. The second-order valence-electron chi connectivity index (χ2n) is 4.59. The van der Waals surface area contributed by atoms with Crippen LogP contribution in [0.25, 0.3) is 0 Å². The van der Waals surface area contributed by atoms with Crippen LogP contribution in [0.3, 0.4) is 0 Å². The second-order valence-corrected chi connectivity index (χ2v) is 5.00. The van der Waals surface area contributed by atoms with E-state index < -0.39 is 0 Å². The van der Waals surface area contributed by atoms with Crippen molar-refractivity contribution in [1.29, 1.82) is 0 Å². The highest BCUT2D eigenvalue weighted by molar-refractivity contribution is 6.32. The van der Waals surface area contributed by atoms with Crippen LogP contribution in [0.2, 0.25) is 5.02 Å². The van der Waals surface area contributed by atoms with Gasteiger partial charge < -0.3 is 10.5 Å². The van der Waals surface area contributed by atoms with Gasteiger partial charge in [0.25, 0.3) is 0 Å². The molecule has 1 atom stereocenters. The molecule has 0 aromatic heterocycles. The molecule has 0 spiro atoms. The Bertz CT molecular complexity index is 568. The van der Waals surface area contributed by atoms with E-state index in [-0.39, 0.29) is 6.04 Å². The van der Waals surface area contributed by atoms with Crippen LogP contribution in [0.1, 0.15) is 30.5 Å². The van der Waals surface area contributed by atoms with E-state index in [9.17, 15) is 0 Å². The fourth-order valence-electron chi connectivity index (χ4n) is 1.91. The van der Waals surface area contributed by atoms with Crippen LogP contribution in [0.15, 0.2) is 42.5 Å². The minimum Gasteiger partial charge on any atom is -0.455 e. The number of nitrogens with two attached hydrogens (primary N) is 1. The van der Waals surface area contributed by atoms with Crippen molar-refractivity contribution in [3.8, 4) is 11.5 Å². The van der Waals surface area contributed by atoms with E-state index in [1.165, 1.54) is 0 Å². The van der Waals surface area contributed by atoms with Gasteiger partial charge in [0, 0.05) is 11.6 Å². The molecule has 2 aromatic rings. The van der Waals surface area contributed by atoms with Gasteiger partial charge in [0.2, 0.25) is 0 Å². The molecular weight excluding hydrogens is 258 g/mol. The van der Waals surface area contributed by atoms with Crippen molar-refractivity contribution < 1.29 is 4.74 Å². The fourth-order valence-corrected chi connectivity index (χ4v) is 2.18. The predicted octanol–water partition coefficient (Wildman–Crippen LogP) is 4.85. The van der Waals surface area contributed by atoms with Gasteiger partial charge in [-0.05, 0) is 37.1 Å². The van der Waals surface area contributed by atoms with Gasteiger partial charge in [-0.3, -0.25) is 0 Å². The van der Waals surface area contributed by atoms with Crippen LogP contribution in [-0.2, 0) is 0 Å². The zero-order valence-corrected chi connectivity index (χ0v) is 11.9. The molecule has 2 rings (SSSR count). The largest absolute Gasteiger partial charge is 0.455 e. The third-order valence-corrected chi connectivity index (χ3v) is 3.36. The lowest BCUT2D eigenvalue weighted by Crippen LogP contribution is -2.09. The molecule has 0 radical (unpaired) electrons. The Kier molecular flexibility index (Phi) is 4.46. The van der Waals surface area contributed by atoms with Crippen molar-refractivity contribution >= 4 is 11.6 Å². The van der Waals surface area contributed by atoms with Gasteiger partial charge >= 0.3 is 0 Å². The summed E-state index contributed by atoms with van der Waals surface area (Å²) in [5.74, 6) is 1.42. The van der Waals surface area contributed by atoms with Crippen LogP contribution in [-0.4, -0.2) is 0 Å². The lowest BCUT2D eigenvalue weighted by Gasteiger charge is -2.16. The topological polar surface area (TPSA) is 35.2 Å². The summed E-state index contributed by atoms with van der Waals surface area (Å²) >= 11 is 6.19. The first-order chi connectivity index (χ1) is 9.11. The first-order valence-electron chi connectivity index (χ1n) is 6.40. The number of aryl methyl sites for hydroxylation is 1. The maximum Gasteiger partial charge on any atom is 0.146 e. The molecule has 0 heterocycles. The Labute approximate surface area is 119 Å². The highest BCUT2D eigenvalue weighted by Gasteiger charge is 2.11. The third kappa shape index (κ3) is 3.28. The number of halogens is 1. The average Bonchev–Trinajstić information content (AvgIpc) is 2.41. The maximum atomic E-state index is 6.19. The van der Waals surface area contributed by atoms with Crippen molar-refractivity contribution in [3.63, 3.8) is 0 Å². The summed E-state index contributed by atoms with van der Waals surface area (Å²) in [6.45, 7) is 4.05. The molecule has 0 amide bonds. The van der Waals surface area contributed by atoms with Crippen molar-refractivity contribution in [2.45, 2.75) is 26.3 Å². The molecule has 2 nitrogen and oxygen atoms in total. The highest BCUT2D eigenvalue weighted by atomic mass is 35.5. The highest BCUT2D eigenvalue weighted by Crippen LogP contribution is 2.34. The van der Waals surface area contributed by atoms with Crippen molar-refractivity contribution in [3.05, 3.63) is 58.6 Å². The molecule has 0 aliphatic rings. The molecule has 2 aromatic carbocycles. The Morgan fingerprint density at radius 2 is 1.89 bits per heavy atom. The molecule has 100 valence electrons. The third-order valence-electron chi connectivity index (χ3n) is 3.07. The second kappa shape index (κ2) is 6.09. The number of benzene rings is 2. The number of para-hydroxylation sites is 1. The minimum atomic E-state index is -0.0274. The van der Waals surface area contributed by atoms with E-state index in [4.69, 9.17) is 22.1 Å². The Morgan fingerprint density at radius 3 is 2.58 bits per heavy atom. The van der Waals surface area contributed by atoms with Gasteiger partial charge in [-0.15, -0.1) is 0 Å². The van der Waals surface area contributed by atoms with E-state index in [2.05, 4.69) is 6.92 Å². The standard InChI is InChI=1S/C16H18ClNO/c1-3-14(18)12-6-4-5-7-15(12)19-16-9-8-11(2)10-13(16)17/h4-10,14H,3,18H2,1-2H3/t14-/m1/s1. The summed E-state index contributed by atoms with van der Waals surface area (Å²) < 4.78 is 5.91. The normalized spacial score (nSPS) is 12.2. The Balaban J connectivity index is 2.33. The summed E-state index contributed by atoms with van der Waals surface area (Å²) in [5.41, 5.74) is 8.21. The quantitative estimate of drug-likeness (QED) is 0.866. The molecule has 3 heteroatoms. The maximum absolute atomic E-state index is 6.19. The Morgan fingerprint density at radius 1 is 1.16 bits per heavy atom. The molecule has 0 saturated carbocycles. The van der Waals surface area contributed by atoms with Gasteiger partial charge in [-0.1, -0.05) is 42.8 Å². The van der Waals surface area contributed by atoms with Crippen LogP contribution < -0.4 is 10.5 Å². The number of hydrogen-bond acceptors (Lipinski definition) is 2. The Hall–Kier alpha value is -1.51. The number of hydrogen-bond donors (Lipinski definition) is 1. The summed E-state index contributed by atoms with van der Waals surface area (Å²) in [6, 6.07) is 13.5. The van der Waals surface area contributed by atoms with E-state index >= 15 is 0 Å². The SMILES string of the molecule is CC[C@@H](N)c1ccccc1Oc1ccc(C)cc1Cl. The van der Waals surface area contributed by atoms with Gasteiger partial charge in [0.15, 0.2) is 0 Å². The lowest BCUT2D eigenvalue weighted by atomic mass is 10.0. The zero-order chi connectivity index (χ0) is 13.8. The average molecular weight is 276 g/mol. The van der Waals surface area contributed by atoms with E-state index in [0.717, 1.165) is 23.3 Å². The zero-order valence-electron chi connectivity index (χ0n) is 11.2. The number of rotatable bonds is 4. The fraction of sp³-hybridized carbons (Fsp3) is 0.250. The molecule has 0 fully saturated rings. The lowest BCUT2D eigenvalue weighted by molar-refractivity contribution is 0.469. The van der Waals surface area contributed by atoms with Gasteiger partial charge in [0.1, 0.15) is 11.5 Å². The van der Waals surface area contributed by atoms with Gasteiger partial charge in [-0.2, -0.15) is 0 Å². The van der Waals surface area contributed by atoms with E-state index in [0.29, 0.717) is 10.8 Å². The predicted molar refractivity (Wildman–Crippen MR) is 79.9 cm³/mol. The van der Waals surface area contributed by atoms with Gasteiger partial charge in [0.05, 0.1) is 5.02 Å². The first-order valence-corrected chi connectivity index (χ1v) is 6.78. The van der Waals surface area contributed by atoms with Crippen molar-refractivity contribution in [2.75, 3.05) is 0 Å². The monoisotopic (exact) mass is 275 g/mol. The van der Waals surface area contributed by atoms with Crippen LogP contribution in [0.4, 0.5) is 0 Å². The van der Waals surface area contributed by atoms with E-state index in [1.807, 2.05) is 49.4 Å². The van der Waals surface area contributed by atoms with Crippen molar-refractivity contribution in [1.82, 2.24) is 0 Å². The molecule has 19 heavy (non-hydrogen) atoms. The molecular formula is C16H18ClNO. The van der Waals surface area contributed by atoms with Gasteiger partial charge in [-0.25, -0.2) is 0 Å². The molecule has 0 saturated heterocycles. The van der Waals surface area contributed by atoms with E-state index in [1.54, 1.807) is 0 Å². The van der Waals surface area contributed by atoms with Crippen LogP contribution in [0.5, 0.6) is 11.5 Å². The summed E-state index contributed by atoms with van der Waals surface area (Å²) in [6.07, 6.45) is 0.863. The molecule has 0 aliphatic carbocycles. The summed E-state index contributed by atoms with van der Waals surface area (Å²) in [7, 11) is 0. The first kappa shape index (κ1) is 13.9. The van der Waals surface area contributed by atoms with Crippen molar-refractivity contribution in [2.24, 2.45) is 5.73 Å². The van der Waals surface area contributed by atoms with Crippen LogP contribution >= 0.6 is 11.6 Å². The number of ether oxygens (including phenoxy) is 1.